The minimum absolute atomic E-state index is 0.0313. The Balaban J connectivity index is 1.86. The lowest BCUT2D eigenvalue weighted by atomic mass is 9.91. The maximum atomic E-state index is 12.2. The van der Waals surface area contributed by atoms with Crippen LogP contribution in [-0.4, -0.2) is 17.9 Å². The molecular formula is C15H19N3O. The first kappa shape index (κ1) is 12.2. The van der Waals surface area contributed by atoms with Crippen LogP contribution < -0.4 is 10.6 Å². The highest BCUT2D eigenvalue weighted by Crippen LogP contribution is 2.27. The van der Waals surface area contributed by atoms with E-state index < -0.39 is 5.54 Å². The molecule has 0 bridgehead atoms. The summed E-state index contributed by atoms with van der Waals surface area (Å²) in [4.78, 5) is 16.7. The van der Waals surface area contributed by atoms with E-state index in [9.17, 15) is 4.79 Å². The quantitative estimate of drug-likeness (QED) is 0.866. The molecule has 19 heavy (non-hydrogen) atoms. The van der Waals surface area contributed by atoms with Gasteiger partial charge in [-0.05, 0) is 37.3 Å². The van der Waals surface area contributed by atoms with Gasteiger partial charge in [-0.2, -0.15) is 0 Å². The van der Waals surface area contributed by atoms with Crippen molar-refractivity contribution in [2.75, 3.05) is 0 Å². The van der Waals surface area contributed by atoms with Gasteiger partial charge in [0.05, 0.1) is 6.04 Å². The minimum atomic E-state index is -0.708. The van der Waals surface area contributed by atoms with Crippen molar-refractivity contribution in [1.29, 1.82) is 0 Å². The fourth-order valence-electron chi connectivity index (χ4n) is 2.29. The highest BCUT2D eigenvalue weighted by molar-refractivity contribution is 6.09. The van der Waals surface area contributed by atoms with Crippen molar-refractivity contribution < 1.29 is 4.79 Å². The molecule has 1 saturated heterocycles. The van der Waals surface area contributed by atoms with Crippen LogP contribution in [-0.2, 0) is 16.8 Å². The van der Waals surface area contributed by atoms with Crippen molar-refractivity contribution in [3.63, 3.8) is 0 Å². The Bertz CT molecular complexity index is 531. The highest BCUT2D eigenvalue weighted by Gasteiger charge is 2.42. The summed E-state index contributed by atoms with van der Waals surface area (Å²) in [6, 6.07) is 8.58. The van der Waals surface area contributed by atoms with Gasteiger partial charge in [-0.25, -0.2) is 4.99 Å². The number of carbonyl (C=O) groups is 1. The van der Waals surface area contributed by atoms with E-state index in [2.05, 4.69) is 34.7 Å². The number of hydrogen-bond acceptors (Lipinski definition) is 2. The second kappa shape index (κ2) is 4.37. The van der Waals surface area contributed by atoms with E-state index in [0.29, 0.717) is 12.0 Å². The topological polar surface area (TPSA) is 53.5 Å². The van der Waals surface area contributed by atoms with Gasteiger partial charge in [-0.3, -0.25) is 10.1 Å². The van der Waals surface area contributed by atoms with E-state index in [4.69, 9.17) is 0 Å². The first-order chi connectivity index (χ1) is 9.11. The standard InChI is InChI=1S/C15H19N3O/c1-3-10-4-6-11(7-5-10)15(2)13(19)17-14(18-15)16-12-8-9-12/h4-7,12H,3,8-9H2,1-2H3,(H2,16,17,18,19). The molecule has 1 amide bonds. The van der Waals surface area contributed by atoms with E-state index >= 15 is 0 Å². The molecule has 2 aliphatic rings. The van der Waals surface area contributed by atoms with Crippen molar-refractivity contribution in [2.24, 2.45) is 4.99 Å². The second-order valence-corrected chi connectivity index (χ2v) is 5.46. The summed E-state index contributed by atoms with van der Waals surface area (Å²) in [6.45, 7) is 4.02. The van der Waals surface area contributed by atoms with E-state index in [0.717, 1.165) is 24.8 Å². The predicted octanol–water partition coefficient (Wildman–Crippen LogP) is 1.70. The summed E-state index contributed by atoms with van der Waals surface area (Å²) in [6.07, 6.45) is 3.26. The number of nitrogens with one attached hydrogen (secondary N) is 2. The first-order valence-electron chi connectivity index (χ1n) is 6.88. The molecule has 1 atom stereocenters. The van der Waals surface area contributed by atoms with Gasteiger partial charge >= 0.3 is 0 Å². The molecule has 4 heteroatoms. The molecule has 1 heterocycles. The fraction of sp³-hybridized carbons (Fsp3) is 0.467. The molecule has 1 aliphatic carbocycles. The van der Waals surface area contributed by atoms with Gasteiger partial charge in [0.1, 0.15) is 5.54 Å². The Labute approximate surface area is 113 Å². The van der Waals surface area contributed by atoms with Gasteiger partial charge in [0, 0.05) is 0 Å². The third-order valence-electron chi connectivity index (χ3n) is 3.85. The molecule has 2 N–H and O–H groups in total. The third kappa shape index (κ3) is 2.23. The number of aryl methyl sites for hydroxylation is 1. The Morgan fingerprint density at radius 1 is 1.32 bits per heavy atom. The summed E-state index contributed by atoms with van der Waals surface area (Å²) in [5.41, 5.74) is 1.54. The Kier molecular flexibility index (Phi) is 2.81. The first-order valence-corrected chi connectivity index (χ1v) is 6.88. The normalized spacial score (nSPS) is 28.3. The lowest BCUT2D eigenvalue weighted by Crippen LogP contribution is -2.40. The second-order valence-electron chi connectivity index (χ2n) is 5.46. The average molecular weight is 257 g/mol. The molecule has 2 fully saturated rings. The van der Waals surface area contributed by atoms with Crippen LogP contribution >= 0.6 is 0 Å². The van der Waals surface area contributed by atoms with Crippen LogP contribution in [0.25, 0.3) is 0 Å². The van der Waals surface area contributed by atoms with Crippen LogP contribution in [0, 0.1) is 0 Å². The van der Waals surface area contributed by atoms with Crippen molar-refractivity contribution >= 4 is 11.9 Å². The molecule has 1 aromatic rings. The van der Waals surface area contributed by atoms with Gasteiger partial charge in [-0.1, -0.05) is 31.2 Å². The maximum absolute atomic E-state index is 12.2. The molecule has 1 unspecified atom stereocenters. The highest BCUT2D eigenvalue weighted by atomic mass is 16.2. The number of benzene rings is 1. The fourth-order valence-corrected chi connectivity index (χ4v) is 2.29. The Morgan fingerprint density at radius 2 is 2.00 bits per heavy atom. The molecule has 1 saturated carbocycles. The molecule has 1 aliphatic heterocycles. The van der Waals surface area contributed by atoms with E-state index in [1.807, 2.05) is 19.1 Å². The van der Waals surface area contributed by atoms with Gasteiger partial charge in [0.25, 0.3) is 5.91 Å². The molecule has 100 valence electrons. The number of aliphatic imine (C=N–C) groups is 1. The van der Waals surface area contributed by atoms with Crippen LogP contribution in [0.3, 0.4) is 0 Å². The van der Waals surface area contributed by atoms with E-state index in [1.54, 1.807) is 0 Å². The summed E-state index contributed by atoms with van der Waals surface area (Å²) >= 11 is 0. The summed E-state index contributed by atoms with van der Waals surface area (Å²) < 4.78 is 0. The minimum Gasteiger partial charge on any atom is -0.338 e. The van der Waals surface area contributed by atoms with E-state index in [-0.39, 0.29) is 5.91 Å². The Hall–Kier alpha value is -1.84. The summed E-state index contributed by atoms with van der Waals surface area (Å²) in [7, 11) is 0. The predicted molar refractivity (Wildman–Crippen MR) is 74.9 cm³/mol. The molecule has 1 aromatic carbocycles. The molecule has 4 nitrogen and oxygen atoms in total. The monoisotopic (exact) mass is 257 g/mol. The van der Waals surface area contributed by atoms with Crippen LogP contribution in [0.4, 0.5) is 0 Å². The lowest BCUT2D eigenvalue weighted by Gasteiger charge is -2.21. The lowest BCUT2D eigenvalue weighted by molar-refractivity contribution is -0.123. The number of hydrogen-bond donors (Lipinski definition) is 2. The number of carbonyl (C=O) groups excluding carboxylic acids is 1. The Morgan fingerprint density at radius 3 is 2.58 bits per heavy atom. The summed E-state index contributed by atoms with van der Waals surface area (Å²) in [5, 5.41) is 6.07. The average Bonchev–Trinajstić information content (AvgIpc) is 3.17. The van der Waals surface area contributed by atoms with Crippen molar-refractivity contribution in [1.82, 2.24) is 10.6 Å². The van der Waals surface area contributed by atoms with Gasteiger partial charge in [-0.15, -0.1) is 0 Å². The number of rotatable bonds is 3. The molecule has 3 rings (SSSR count). The zero-order valence-electron chi connectivity index (χ0n) is 11.4. The number of guanidine groups is 1. The SMILES string of the molecule is CCc1ccc(C2(C)NC(=NC3CC3)NC2=O)cc1. The van der Waals surface area contributed by atoms with Crippen molar-refractivity contribution in [3.05, 3.63) is 35.4 Å². The van der Waals surface area contributed by atoms with Gasteiger partial charge in [0.15, 0.2) is 5.96 Å². The molecular weight excluding hydrogens is 238 g/mol. The largest absolute Gasteiger partial charge is 0.338 e. The molecule has 0 radical (unpaired) electrons. The van der Waals surface area contributed by atoms with Crippen molar-refractivity contribution in [3.8, 4) is 0 Å². The van der Waals surface area contributed by atoms with Gasteiger partial charge < -0.3 is 5.32 Å². The van der Waals surface area contributed by atoms with Crippen LogP contribution in [0.5, 0.6) is 0 Å². The number of amides is 1. The molecule has 0 aromatic heterocycles. The number of nitrogens with zero attached hydrogens (tertiary/aromatic N) is 1. The summed E-state index contributed by atoms with van der Waals surface area (Å²) in [5.74, 6) is 0.589. The van der Waals surface area contributed by atoms with E-state index in [1.165, 1.54) is 5.56 Å². The molecule has 0 spiro atoms. The van der Waals surface area contributed by atoms with Crippen LogP contribution in [0.1, 0.15) is 37.8 Å². The maximum Gasteiger partial charge on any atom is 0.256 e. The third-order valence-corrected chi connectivity index (χ3v) is 3.85. The zero-order valence-corrected chi connectivity index (χ0v) is 11.4. The van der Waals surface area contributed by atoms with Gasteiger partial charge in [0.2, 0.25) is 0 Å². The van der Waals surface area contributed by atoms with Crippen LogP contribution in [0.15, 0.2) is 29.3 Å². The van der Waals surface area contributed by atoms with Crippen molar-refractivity contribution in [2.45, 2.75) is 44.7 Å². The van der Waals surface area contributed by atoms with Crippen LogP contribution in [0.2, 0.25) is 0 Å². The smallest absolute Gasteiger partial charge is 0.256 e. The zero-order chi connectivity index (χ0) is 13.5.